The highest BCUT2D eigenvalue weighted by Gasteiger charge is 2.22. The van der Waals surface area contributed by atoms with Crippen molar-refractivity contribution in [2.24, 2.45) is 0 Å². The van der Waals surface area contributed by atoms with Gasteiger partial charge in [0.15, 0.2) is 11.5 Å². The third kappa shape index (κ3) is 3.42. The second-order valence-electron chi connectivity index (χ2n) is 6.45. The third-order valence-electron chi connectivity index (χ3n) is 4.26. The Hall–Kier alpha value is -3.74. The second-order valence-corrected chi connectivity index (χ2v) is 6.45. The lowest BCUT2D eigenvalue weighted by molar-refractivity contribution is 0.102. The number of hydrogen-bond donors (Lipinski definition) is 2. The summed E-state index contributed by atoms with van der Waals surface area (Å²) < 4.78 is 14.8. The Bertz CT molecular complexity index is 1150. The van der Waals surface area contributed by atoms with E-state index in [2.05, 4.69) is 20.7 Å². The maximum absolute atomic E-state index is 13.2. The Kier molecular flexibility index (Phi) is 4.49. The van der Waals surface area contributed by atoms with E-state index in [0.717, 1.165) is 17.1 Å². The fourth-order valence-electron chi connectivity index (χ4n) is 3.00. The number of aromatic nitrogens is 3. The van der Waals surface area contributed by atoms with Gasteiger partial charge in [0.05, 0.1) is 0 Å². The largest absolute Gasteiger partial charge is 0.338 e. The van der Waals surface area contributed by atoms with Gasteiger partial charge in [0.25, 0.3) is 5.91 Å². The summed E-state index contributed by atoms with van der Waals surface area (Å²) in [7, 11) is 0. The van der Waals surface area contributed by atoms with Crippen LogP contribution in [-0.4, -0.2) is 20.5 Å². The van der Waals surface area contributed by atoms with Crippen molar-refractivity contribution in [3.8, 4) is 0 Å². The molecular formula is C21H18FN5O. The number of nitrogens with one attached hydrogen (secondary N) is 2. The number of nitrogens with zero attached hydrogens (tertiary/aromatic N) is 3. The highest BCUT2D eigenvalue weighted by molar-refractivity contribution is 6.12. The lowest BCUT2D eigenvalue weighted by Crippen LogP contribution is -2.14. The average Bonchev–Trinajstić information content (AvgIpc) is 3.02. The molecule has 140 valence electrons. The van der Waals surface area contributed by atoms with Crippen molar-refractivity contribution in [1.82, 2.24) is 14.6 Å². The third-order valence-corrected chi connectivity index (χ3v) is 4.26. The number of benzene rings is 2. The normalized spacial score (nSPS) is 10.8. The standard InChI is InChI=1S/C21H18FN5O/c1-13-12-14(2)27-20(23-13)18(19(26-27)24-16-6-4-3-5-7-16)21(28)25-17-10-8-15(22)9-11-17/h3-12H,1-2H3,(H,24,26)(H,25,28). The molecule has 2 N–H and O–H groups in total. The van der Waals surface area contributed by atoms with Gasteiger partial charge in [0.2, 0.25) is 0 Å². The number of aryl methyl sites for hydroxylation is 2. The van der Waals surface area contributed by atoms with E-state index in [4.69, 9.17) is 0 Å². The topological polar surface area (TPSA) is 71.3 Å². The van der Waals surface area contributed by atoms with Crippen molar-refractivity contribution in [1.29, 1.82) is 0 Å². The lowest BCUT2D eigenvalue weighted by Gasteiger charge is -2.07. The van der Waals surface area contributed by atoms with Crippen LogP contribution in [0.15, 0.2) is 60.7 Å². The Balaban J connectivity index is 1.80. The molecule has 6 nitrogen and oxygen atoms in total. The summed E-state index contributed by atoms with van der Waals surface area (Å²) in [5.41, 5.74) is 3.71. The van der Waals surface area contributed by atoms with E-state index >= 15 is 0 Å². The van der Waals surface area contributed by atoms with Crippen LogP contribution in [0.5, 0.6) is 0 Å². The number of carbonyl (C=O) groups is 1. The van der Waals surface area contributed by atoms with Crippen molar-refractivity contribution in [2.45, 2.75) is 13.8 Å². The van der Waals surface area contributed by atoms with Crippen LogP contribution in [0.4, 0.5) is 21.6 Å². The second kappa shape index (κ2) is 7.11. The van der Waals surface area contributed by atoms with E-state index in [9.17, 15) is 9.18 Å². The van der Waals surface area contributed by atoms with Gasteiger partial charge in [-0.3, -0.25) is 4.79 Å². The van der Waals surface area contributed by atoms with Gasteiger partial charge in [-0.25, -0.2) is 13.9 Å². The molecule has 0 unspecified atom stereocenters. The Morgan fingerprint density at radius 1 is 1.00 bits per heavy atom. The van der Waals surface area contributed by atoms with Crippen LogP contribution in [0.1, 0.15) is 21.7 Å². The minimum atomic E-state index is -0.377. The summed E-state index contributed by atoms with van der Waals surface area (Å²) in [5, 5.41) is 10.5. The molecule has 0 saturated carbocycles. The summed E-state index contributed by atoms with van der Waals surface area (Å²) in [6, 6.07) is 17.0. The molecule has 0 fully saturated rings. The molecule has 0 aliphatic heterocycles. The summed E-state index contributed by atoms with van der Waals surface area (Å²) in [4.78, 5) is 17.6. The number of halogens is 1. The molecule has 2 heterocycles. The molecular weight excluding hydrogens is 357 g/mol. The number of rotatable bonds is 4. The molecule has 0 atom stereocenters. The van der Waals surface area contributed by atoms with E-state index in [-0.39, 0.29) is 11.7 Å². The first-order chi connectivity index (χ1) is 13.5. The van der Waals surface area contributed by atoms with Crippen molar-refractivity contribution in [3.05, 3.63) is 83.4 Å². The number of anilines is 3. The molecule has 4 rings (SSSR count). The van der Waals surface area contributed by atoms with Crippen LogP contribution in [-0.2, 0) is 0 Å². The Morgan fingerprint density at radius 2 is 1.71 bits per heavy atom. The van der Waals surface area contributed by atoms with Crippen LogP contribution in [0.3, 0.4) is 0 Å². The van der Waals surface area contributed by atoms with Gasteiger partial charge in [0.1, 0.15) is 11.4 Å². The summed E-state index contributed by atoms with van der Waals surface area (Å²) in [5.74, 6) is -0.349. The number of amides is 1. The van der Waals surface area contributed by atoms with E-state index in [1.807, 2.05) is 50.2 Å². The molecule has 0 spiro atoms. The quantitative estimate of drug-likeness (QED) is 0.552. The van der Waals surface area contributed by atoms with Gasteiger partial charge in [-0.1, -0.05) is 18.2 Å². The SMILES string of the molecule is Cc1cc(C)n2nc(Nc3ccccc3)c(C(=O)Nc3ccc(F)cc3)c2n1. The van der Waals surface area contributed by atoms with Gasteiger partial charge in [-0.2, -0.15) is 0 Å². The molecule has 4 aromatic rings. The zero-order valence-electron chi connectivity index (χ0n) is 15.4. The maximum atomic E-state index is 13.2. The van der Waals surface area contributed by atoms with Crippen molar-refractivity contribution < 1.29 is 9.18 Å². The predicted octanol–water partition coefficient (Wildman–Crippen LogP) is 4.48. The molecule has 28 heavy (non-hydrogen) atoms. The highest BCUT2D eigenvalue weighted by Crippen LogP contribution is 2.25. The summed E-state index contributed by atoms with van der Waals surface area (Å²) in [6.45, 7) is 3.77. The first-order valence-corrected chi connectivity index (χ1v) is 8.77. The van der Waals surface area contributed by atoms with Crippen molar-refractivity contribution in [2.75, 3.05) is 10.6 Å². The van der Waals surface area contributed by atoms with E-state index < -0.39 is 0 Å². The molecule has 0 aliphatic rings. The van der Waals surface area contributed by atoms with E-state index in [1.165, 1.54) is 24.3 Å². The summed E-state index contributed by atoms with van der Waals surface area (Å²) >= 11 is 0. The minimum Gasteiger partial charge on any atom is -0.338 e. The van der Waals surface area contributed by atoms with Crippen molar-refractivity contribution in [3.63, 3.8) is 0 Å². The molecule has 7 heteroatoms. The van der Waals surface area contributed by atoms with E-state index in [1.54, 1.807) is 4.52 Å². The molecule has 0 bridgehead atoms. The zero-order chi connectivity index (χ0) is 19.7. The fraction of sp³-hybridized carbons (Fsp3) is 0.0952. The van der Waals surface area contributed by atoms with Gasteiger partial charge in [-0.05, 0) is 56.3 Å². The van der Waals surface area contributed by atoms with Crippen LogP contribution in [0.25, 0.3) is 5.65 Å². The minimum absolute atomic E-state index is 0.319. The van der Waals surface area contributed by atoms with Gasteiger partial charge in [-0.15, -0.1) is 5.10 Å². The first-order valence-electron chi connectivity index (χ1n) is 8.77. The number of para-hydroxylation sites is 1. The average molecular weight is 375 g/mol. The van der Waals surface area contributed by atoms with Crippen LogP contribution < -0.4 is 10.6 Å². The van der Waals surface area contributed by atoms with Crippen LogP contribution >= 0.6 is 0 Å². The number of fused-ring (bicyclic) bond motifs is 1. The van der Waals surface area contributed by atoms with Crippen molar-refractivity contribution >= 4 is 28.7 Å². The molecule has 0 radical (unpaired) electrons. The lowest BCUT2D eigenvalue weighted by atomic mass is 10.2. The Morgan fingerprint density at radius 3 is 2.43 bits per heavy atom. The molecule has 0 aliphatic carbocycles. The van der Waals surface area contributed by atoms with Gasteiger partial charge < -0.3 is 10.6 Å². The molecule has 1 amide bonds. The number of hydrogen-bond acceptors (Lipinski definition) is 4. The monoisotopic (exact) mass is 375 g/mol. The van der Waals surface area contributed by atoms with E-state index in [0.29, 0.717) is 22.7 Å². The molecule has 0 saturated heterocycles. The zero-order valence-corrected chi connectivity index (χ0v) is 15.4. The number of carbonyl (C=O) groups excluding carboxylic acids is 1. The highest BCUT2D eigenvalue weighted by atomic mass is 19.1. The van der Waals surface area contributed by atoms with Crippen LogP contribution in [0.2, 0.25) is 0 Å². The first kappa shape index (κ1) is 17.7. The van der Waals surface area contributed by atoms with Gasteiger partial charge in [0, 0.05) is 22.8 Å². The Labute approximate surface area is 161 Å². The molecule has 2 aromatic carbocycles. The predicted molar refractivity (Wildman–Crippen MR) is 107 cm³/mol. The molecule has 2 aromatic heterocycles. The smallest absolute Gasteiger partial charge is 0.263 e. The van der Waals surface area contributed by atoms with Crippen LogP contribution in [0, 0.1) is 19.7 Å². The fourth-order valence-corrected chi connectivity index (χ4v) is 3.00. The maximum Gasteiger partial charge on any atom is 0.263 e. The van der Waals surface area contributed by atoms with Gasteiger partial charge >= 0.3 is 0 Å². The summed E-state index contributed by atoms with van der Waals surface area (Å²) in [6.07, 6.45) is 0.